The average Bonchev–Trinajstić information content (AvgIpc) is 2.15. The van der Waals surface area contributed by atoms with E-state index >= 15 is 0 Å². The molecule has 0 unspecified atom stereocenters. The van der Waals surface area contributed by atoms with Crippen LogP contribution in [0.2, 0.25) is 0 Å². The highest BCUT2D eigenvalue weighted by atomic mass is 16.5. The molecular weight excluding hydrogens is 166 g/mol. The molecular formula is C10H12NO2. The molecule has 1 radical (unpaired) electrons. The lowest BCUT2D eigenvalue weighted by atomic mass is 10.2. The van der Waals surface area contributed by atoms with E-state index in [1.807, 2.05) is 13.8 Å². The minimum atomic E-state index is -0.359. The first-order valence-electron chi connectivity index (χ1n) is 4.14. The first-order valence-corrected chi connectivity index (χ1v) is 4.14. The highest BCUT2D eigenvalue weighted by Gasteiger charge is 2.07. The molecule has 3 nitrogen and oxygen atoms in total. The number of carbonyl (C=O) groups excluding carboxylic acids is 1. The van der Waals surface area contributed by atoms with Crippen molar-refractivity contribution in [3.05, 3.63) is 36.7 Å². The topological polar surface area (TPSA) is 39.2 Å². The summed E-state index contributed by atoms with van der Waals surface area (Å²) in [5, 5.41) is 0. The smallest absolute Gasteiger partial charge is 0.340 e. The van der Waals surface area contributed by atoms with Crippen LogP contribution in [0.4, 0.5) is 0 Å². The second-order valence-electron chi connectivity index (χ2n) is 3.03. The number of ether oxygens (including phenoxy) is 1. The number of hydrogen-bond donors (Lipinski definition) is 0. The monoisotopic (exact) mass is 178 g/mol. The lowest BCUT2D eigenvalue weighted by Crippen LogP contribution is -2.05. The van der Waals surface area contributed by atoms with Gasteiger partial charge >= 0.3 is 5.97 Å². The van der Waals surface area contributed by atoms with E-state index in [0.717, 1.165) is 0 Å². The van der Waals surface area contributed by atoms with Gasteiger partial charge in [-0.2, -0.15) is 0 Å². The number of carbonyl (C=O) groups is 1. The molecule has 0 fully saturated rings. The van der Waals surface area contributed by atoms with Gasteiger partial charge in [-0.05, 0) is 18.1 Å². The molecule has 0 spiro atoms. The Hall–Kier alpha value is -1.38. The first kappa shape index (κ1) is 9.71. The van der Waals surface area contributed by atoms with Gasteiger partial charge in [-0.25, -0.2) is 4.79 Å². The third kappa shape index (κ3) is 3.23. The maximum Gasteiger partial charge on any atom is 0.340 e. The molecule has 1 rings (SSSR count). The predicted molar refractivity (Wildman–Crippen MR) is 48.8 cm³/mol. The standard InChI is InChI=1S/C10H12NO2/c1-8(2)7-13-10(12)9-4-3-5-11-6-9/h3-8H,1-2H3. The van der Waals surface area contributed by atoms with Crippen LogP contribution < -0.4 is 0 Å². The normalized spacial score (nSPS) is 10.1. The Morgan fingerprint density at radius 3 is 2.92 bits per heavy atom. The van der Waals surface area contributed by atoms with Gasteiger partial charge in [0.15, 0.2) is 0 Å². The maximum atomic E-state index is 11.3. The van der Waals surface area contributed by atoms with Gasteiger partial charge in [0.05, 0.1) is 5.56 Å². The van der Waals surface area contributed by atoms with Crippen molar-refractivity contribution in [3.8, 4) is 0 Å². The van der Waals surface area contributed by atoms with Crippen molar-refractivity contribution in [2.75, 3.05) is 0 Å². The van der Waals surface area contributed by atoms with Gasteiger partial charge in [-0.1, -0.05) is 13.8 Å². The van der Waals surface area contributed by atoms with Crippen LogP contribution in [-0.2, 0) is 4.74 Å². The average molecular weight is 178 g/mol. The minimum Gasteiger partial charge on any atom is -0.455 e. The highest BCUT2D eigenvalue weighted by molar-refractivity contribution is 5.89. The largest absolute Gasteiger partial charge is 0.455 e. The lowest BCUT2D eigenvalue weighted by Gasteiger charge is -2.04. The first-order chi connectivity index (χ1) is 6.20. The van der Waals surface area contributed by atoms with Crippen LogP contribution in [0.5, 0.6) is 0 Å². The molecule has 0 aliphatic carbocycles. The summed E-state index contributed by atoms with van der Waals surface area (Å²) in [7, 11) is 0. The second kappa shape index (κ2) is 4.60. The molecule has 0 aliphatic rings. The highest BCUT2D eigenvalue weighted by Crippen LogP contribution is 2.04. The molecule has 13 heavy (non-hydrogen) atoms. The van der Waals surface area contributed by atoms with Crippen molar-refractivity contribution in [1.82, 2.24) is 4.98 Å². The summed E-state index contributed by atoms with van der Waals surface area (Å²) in [5.41, 5.74) is 0.472. The minimum absolute atomic E-state index is 0.237. The Balaban J connectivity index is 2.50. The Bertz CT molecular complexity index is 270. The fourth-order valence-electron chi connectivity index (χ4n) is 0.749. The Morgan fingerprint density at radius 2 is 2.38 bits per heavy atom. The van der Waals surface area contributed by atoms with Crippen molar-refractivity contribution >= 4 is 5.97 Å². The number of hydrogen-bond acceptors (Lipinski definition) is 3. The van der Waals surface area contributed by atoms with E-state index in [1.54, 1.807) is 18.3 Å². The van der Waals surface area contributed by atoms with Gasteiger partial charge in [0.25, 0.3) is 0 Å². The van der Waals surface area contributed by atoms with Crippen LogP contribution in [0.3, 0.4) is 0 Å². The molecule has 0 atom stereocenters. The zero-order valence-electron chi connectivity index (χ0n) is 7.73. The third-order valence-corrected chi connectivity index (χ3v) is 1.34. The molecule has 0 N–H and O–H groups in total. The molecule has 69 valence electrons. The van der Waals surface area contributed by atoms with Crippen LogP contribution in [0.15, 0.2) is 24.5 Å². The molecule has 1 heterocycles. The van der Waals surface area contributed by atoms with Gasteiger partial charge < -0.3 is 4.74 Å². The van der Waals surface area contributed by atoms with Crippen LogP contribution in [0.1, 0.15) is 24.2 Å². The molecule has 0 aromatic carbocycles. The van der Waals surface area contributed by atoms with Gasteiger partial charge in [0.2, 0.25) is 0 Å². The van der Waals surface area contributed by atoms with E-state index in [-0.39, 0.29) is 11.9 Å². The van der Waals surface area contributed by atoms with Crippen molar-refractivity contribution < 1.29 is 9.53 Å². The van der Waals surface area contributed by atoms with Crippen LogP contribution in [0.25, 0.3) is 0 Å². The molecule has 1 aromatic heterocycles. The summed E-state index contributed by atoms with van der Waals surface area (Å²) in [4.78, 5) is 15.1. The molecule has 0 aliphatic heterocycles. The van der Waals surface area contributed by atoms with E-state index in [4.69, 9.17) is 4.74 Å². The molecule has 1 aromatic rings. The van der Waals surface area contributed by atoms with Crippen LogP contribution in [-0.4, -0.2) is 11.0 Å². The zero-order chi connectivity index (χ0) is 9.68. The van der Waals surface area contributed by atoms with E-state index in [9.17, 15) is 4.79 Å². The van der Waals surface area contributed by atoms with Gasteiger partial charge in [-0.15, -0.1) is 0 Å². The number of esters is 1. The van der Waals surface area contributed by atoms with Crippen molar-refractivity contribution in [2.45, 2.75) is 13.8 Å². The second-order valence-corrected chi connectivity index (χ2v) is 3.03. The van der Waals surface area contributed by atoms with E-state index in [1.165, 1.54) is 12.8 Å². The quantitative estimate of drug-likeness (QED) is 0.665. The third-order valence-electron chi connectivity index (χ3n) is 1.34. The van der Waals surface area contributed by atoms with Crippen molar-refractivity contribution in [2.24, 2.45) is 5.92 Å². The summed E-state index contributed by atoms with van der Waals surface area (Å²) >= 11 is 0. The summed E-state index contributed by atoms with van der Waals surface area (Å²) in [5.74, 6) is -0.123. The molecule has 0 amide bonds. The maximum absolute atomic E-state index is 11.3. The van der Waals surface area contributed by atoms with Gasteiger partial charge in [-0.3, -0.25) is 4.98 Å². The van der Waals surface area contributed by atoms with Crippen molar-refractivity contribution in [1.29, 1.82) is 0 Å². The lowest BCUT2D eigenvalue weighted by molar-refractivity contribution is 0.0577. The Kier molecular flexibility index (Phi) is 3.43. The van der Waals surface area contributed by atoms with Gasteiger partial charge in [0, 0.05) is 12.4 Å². The van der Waals surface area contributed by atoms with Crippen LogP contribution >= 0.6 is 0 Å². The number of pyridine rings is 1. The number of aromatic nitrogens is 1. The Labute approximate surface area is 77.8 Å². The zero-order valence-corrected chi connectivity index (χ0v) is 7.73. The molecule has 0 saturated carbocycles. The van der Waals surface area contributed by atoms with E-state index in [0.29, 0.717) is 5.56 Å². The molecule has 3 heteroatoms. The summed E-state index contributed by atoms with van der Waals surface area (Å²) in [6, 6.07) is 3.37. The van der Waals surface area contributed by atoms with Crippen LogP contribution in [0, 0.1) is 12.5 Å². The van der Waals surface area contributed by atoms with E-state index < -0.39 is 0 Å². The summed E-state index contributed by atoms with van der Waals surface area (Å²) in [6.07, 6.45) is 3.10. The predicted octanol–water partition coefficient (Wildman–Crippen LogP) is 2.06. The SMILES string of the molecule is CC(C)[CH]OC(=O)c1cccnc1. The van der Waals surface area contributed by atoms with E-state index in [2.05, 4.69) is 4.98 Å². The summed E-state index contributed by atoms with van der Waals surface area (Å²) < 4.78 is 4.89. The number of rotatable bonds is 3. The van der Waals surface area contributed by atoms with Crippen molar-refractivity contribution in [3.63, 3.8) is 0 Å². The Morgan fingerprint density at radius 1 is 1.62 bits per heavy atom. The molecule has 0 saturated heterocycles. The fraction of sp³-hybridized carbons (Fsp3) is 0.300. The summed E-state index contributed by atoms with van der Waals surface area (Å²) in [6.45, 7) is 5.39. The molecule has 0 bridgehead atoms. The number of nitrogens with zero attached hydrogens (tertiary/aromatic N) is 1. The fourth-order valence-corrected chi connectivity index (χ4v) is 0.749. The van der Waals surface area contributed by atoms with Gasteiger partial charge in [0.1, 0.15) is 6.61 Å².